The summed E-state index contributed by atoms with van der Waals surface area (Å²) < 4.78 is 0. The number of nitrogens with zero attached hydrogens (tertiary/aromatic N) is 2. The smallest absolute Gasteiger partial charge is 0.156 e. The summed E-state index contributed by atoms with van der Waals surface area (Å²) in [4.78, 5) is 7.10. The molecule has 1 saturated heterocycles. The van der Waals surface area contributed by atoms with E-state index in [4.69, 9.17) is 0 Å². The van der Waals surface area contributed by atoms with Crippen LogP contribution in [0.3, 0.4) is 0 Å². The van der Waals surface area contributed by atoms with Crippen LogP contribution in [0.25, 0.3) is 0 Å². The molecule has 0 aromatic rings. The number of piperidine rings is 1. The highest BCUT2D eigenvalue weighted by Gasteiger charge is 2.09. The Bertz CT molecular complexity index is 237. The lowest BCUT2D eigenvalue weighted by Gasteiger charge is -2.26. The van der Waals surface area contributed by atoms with Crippen molar-refractivity contribution in [3.8, 4) is 0 Å². The fraction of sp³-hybridized carbons (Fsp3) is 0.923. The van der Waals surface area contributed by atoms with E-state index in [1.54, 1.807) is 0 Å². The van der Waals surface area contributed by atoms with E-state index in [2.05, 4.69) is 15.2 Å². The second-order valence-electron chi connectivity index (χ2n) is 4.93. The minimum Gasteiger partial charge on any atom is -0.365 e. The highest BCUT2D eigenvalue weighted by molar-refractivity contribution is 8.13. The lowest BCUT2D eigenvalue weighted by Crippen LogP contribution is -2.30. The Kier molecular flexibility index (Phi) is 6.21. The van der Waals surface area contributed by atoms with E-state index in [0.29, 0.717) is 0 Å². The zero-order valence-electron chi connectivity index (χ0n) is 10.8. The first-order chi connectivity index (χ1) is 8.45. The molecule has 0 aromatic carbocycles. The van der Waals surface area contributed by atoms with Crippen molar-refractivity contribution in [2.24, 2.45) is 4.99 Å². The first kappa shape index (κ1) is 13.2. The fourth-order valence-electron chi connectivity index (χ4n) is 2.40. The number of rotatable bonds is 5. The summed E-state index contributed by atoms with van der Waals surface area (Å²) in [5.74, 6) is 1.22. The van der Waals surface area contributed by atoms with Crippen LogP contribution < -0.4 is 5.32 Å². The van der Waals surface area contributed by atoms with Gasteiger partial charge >= 0.3 is 0 Å². The van der Waals surface area contributed by atoms with E-state index >= 15 is 0 Å². The van der Waals surface area contributed by atoms with Gasteiger partial charge in [0.15, 0.2) is 5.17 Å². The van der Waals surface area contributed by atoms with Gasteiger partial charge in [-0.25, -0.2) is 0 Å². The predicted octanol–water partition coefficient (Wildman–Crippen LogP) is 2.34. The van der Waals surface area contributed by atoms with E-state index in [1.165, 1.54) is 69.1 Å². The van der Waals surface area contributed by atoms with E-state index in [1.807, 2.05) is 11.8 Å². The van der Waals surface area contributed by atoms with Crippen LogP contribution in [0.2, 0.25) is 0 Å². The molecule has 17 heavy (non-hydrogen) atoms. The van der Waals surface area contributed by atoms with Gasteiger partial charge in [0.1, 0.15) is 0 Å². The number of unbranched alkanes of at least 4 members (excludes halogenated alkanes) is 1. The monoisotopic (exact) mass is 255 g/mol. The topological polar surface area (TPSA) is 27.6 Å². The second-order valence-corrected chi connectivity index (χ2v) is 6.01. The largest absolute Gasteiger partial charge is 0.365 e. The maximum atomic E-state index is 4.48. The summed E-state index contributed by atoms with van der Waals surface area (Å²) >= 11 is 1.90. The highest BCUT2D eigenvalue weighted by Crippen LogP contribution is 2.12. The zero-order valence-corrected chi connectivity index (χ0v) is 11.6. The minimum atomic E-state index is 1.02. The number of amidine groups is 1. The van der Waals surface area contributed by atoms with E-state index in [-0.39, 0.29) is 0 Å². The van der Waals surface area contributed by atoms with E-state index in [0.717, 1.165) is 13.1 Å². The van der Waals surface area contributed by atoms with Gasteiger partial charge in [-0.15, -0.1) is 0 Å². The third kappa shape index (κ3) is 5.30. The molecule has 1 N–H and O–H groups in total. The number of hydrogen-bond acceptors (Lipinski definition) is 4. The molecule has 0 bridgehead atoms. The second kappa shape index (κ2) is 7.98. The van der Waals surface area contributed by atoms with Crippen molar-refractivity contribution in [2.45, 2.75) is 38.5 Å². The van der Waals surface area contributed by atoms with Crippen LogP contribution in [0.1, 0.15) is 38.5 Å². The van der Waals surface area contributed by atoms with Crippen molar-refractivity contribution in [1.82, 2.24) is 10.2 Å². The molecule has 4 heteroatoms. The van der Waals surface area contributed by atoms with Crippen LogP contribution >= 0.6 is 11.8 Å². The number of hydrogen-bond donors (Lipinski definition) is 1. The van der Waals surface area contributed by atoms with Crippen LogP contribution in [0, 0.1) is 0 Å². The highest BCUT2D eigenvalue weighted by atomic mass is 32.2. The first-order valence-corrected chi connectivity index (χ1v) is 8.07. The third-order valence-electron chi connectivity index (χ3n) is 3.42. The van der Waals surface area contributed by atoms with Gasteiger partial charge in [-0.05, 0) is 51.7 Å². The quantitative estimate of drug-likeness (QED) is 0.764. The Hall–Kier alpha value is -0.220. The summed E-state index contributed by atoms with van der Waals surface area (Å²) in [5, 5.41) is 4.54. The van der Waals surface area contributed by atoms with Crippen molar-refractivity contribution in [1.29, 1.82) is 0 Å². The Morgan fingerprint density at radius 1 is 1.12 bits per heavy atom. The molecule has 1 fully saturated rings. The standard InChI is InChI=1S/C13H25N3S/c1-2-9-16(10-3-1)11-4-5-12-17-13-14-7-6-8-15-13/h1-12H2,(H,14,15). The van der Waals surface area contributed by atoms with Gasteiger partial charge in [0.25, 0.3) is 0 Å². The predicted molar refractivity (Wildman–Crippen MR) is 76.9 cm³/mol. The molecule has 2 aliphatic heterocycles. The van der Waals surface area contributed by atoms with Crippen LogP contribution in [-0.4, -0.2) is 48.5 Å². The van der Waals surface area contributed by atoms with Crippen LogP contribution in [0.4, 0.5) is 0 Å². The summed E-state index contributed by atoms with van der Waals surface area (Å²) in [6.45, 7) is 6.10. The molecule has 0 unspecified atom stereocenters. The average molecular weight is 255 g/mol. The van der Waals surface area contributed by atoms with Crippen molar-refractivity contribution in [2.75, 3.05) is 38.5 Å². The van der Waals surface area contributed by atoms with Gasteiger partial charge in [-0.1, -0.05) is 18.2 Å². The Labute approximate surface area is 109 Å². The lowest BCUT2D eigenvalue weighted by molar-refractivity contribution is 0.226. The number of likely N-dealkylation sites (tertiary alicyclic amines) is 1. The maximum absolute atomic E-state index is 4.48. The van der Waals surface area contributed by atoms with Gasteiger partial charge < -0.3 is 10.2 Å². The summed E-state index contributed by atoms with van der Waals surface area (Å²) in [7, 11) is 0. The number of thioether (sulfide) groups is 1. The summed E-state index contributed by atoms with van der Waals surface area (Å²) in [6, 6.07) is 0. The van der Waals surface area contributed by atoms with Crippen molar-refractivity contribution in [3.63, 3.8) is 0 Å². The van der Waals surface area contributed by atoms with Gasteiger partial charge in [-0.3, -0.25) is 4.99 Å². The molecule has 2 heterocycles. The molecule has 0 atom stereocenters. The molecular weight excluding hydrogens is 230 g/mol. The maximum Gasteiger partial charge on any atom is 0.156 e. The third-order valence-corrected chi connectivity index (χ3v) is 4.46. The number of nitrogens with one attached hydrogen (secondary N) is 1. The first-order valence-electron chi connectivity index (χ1n) is 7.08. The SMILES string of the molecule is C1CCN(CCCCSC2=NCCCN2)CC1. The van der Waals surface area contributed by atoms with Crippen LogP contribution in [-0.2, 0) is 0 Å². The minimum absolute atomic E-state index is 1.02. The Balaban J connectivity index is 1.47. The van der Waals surface area contributed by atoms with Crippen LogP contribution in [0.15, 0.2) is 4.99 Å². The lowest BCUT2D eigenvalue weighted by atomic mass is 10.1. The molecule has 0 saturated carbocycles. The molecule has 0 radical (unpaired) electrons. The van der Waals surface area contributed by atoms with E-state index < -0.39 is 0 Å². The molecule has 3 nitrogen and oxygen atoms in total. The fourth-order valence-corrected chi connectivity index (χ4v) is 3.33. The molecule has 0 aliphatic carbocycles. The molecular formula is C13H25N3S. The van der Waals surface area contributed by atoms with Gasteiger partial charge in [0, 0.05) is 18.8 Å². The van der Waals surface area contributed by atoms with Crippen molar-refractivity contribution < 1.29 is 0 Å². The normalized spacial score (nSPS) is 22.0. The van der Waals surface area contributed by atoms with Crippen LogP contribution in [0.5, 0.6) is 0 Å². The molecule has 0 aromatic heterocycles. The van der Waals surface area contributed by atoms with Gasteiger partial charge in [0.2, 0.25) is 0 Å². The average Bonchev–Trinajstić information content (AvgIpc) is 2.41. The number of aliphatic imine (C=N–C) groups is 1. The van der Waals surface area contributed by atoms with Crippen molar-refractivity contribution >= 4 is 16.9 Å². The molecule has 98 valence electrons. The zero-order chi connectivity index (χ0) is 11.8. The van der Waals surface area contributed by atoms with Crippen molar-refractivity contribution in [3.05, 3.63) is 0 Å². The van der Waals surface area contributed by atoms with Gasteiger partial charge in [0.05, 0.1) is 0 Å². The Morgan fingerprint density at radius 2 is 2.00 bits per heavy atom. The van der Waals surface area contributed by atoms with Gasteiger partial charge in [-0.2, -0.15) is 0 Å². The Morgan fingerprint density at radius 3 is 2.76 bits per heavy atom. The summed E-state index contributed by atoms with van der Waals surface area (Å²) in [5.41, 5.74) is 0. The summed E-state index contributed by atoms with van der Waals surface area (Å²) in [6.07, 6.45) is 8.13. The van der Waals surface area contributed by atoms with E-state index in [9.17, 15) is 0 Å². The molecule has 2 aliphatic rings. The molecule has 2 rings (SSSR count). The molecule has 0 spiro atoms. The molecule has 0 amide bonds.